The number of carbonyl (C=O) groups is 5. The minimum Gasteiger partial charge on any atom is -0.452 e. The van der Waals surface area contributed by atoms with Gasteiger partial charge in [0.15, 0.2) is 6.10 Å². The molecule has 1 rings (SSSR count). The van der Waals surface area contributed by atoms with Crippen LogP contribution >= 0.6 is 0 Å². The number of nitrogens with one attached hydrogen (secondary N) is 4. The maximum atomic E-state index is 13.2. The fraction of sp³-hybridized carbons (Fsp3) is 0.643. The highest BCUT2D eigenvalue weighted by molar-refractivity contribution is 5.96. The molecule has 0 radical (unpaired) electrons. The lowest BCUT2D eigenvalue weighted by atomic mass is 10.0. The van der Waals surface area contributed by atoms with E-state index in [0.717, 1.165) is 12.8 Å². The molecule has 1 unspecified atom stereocenters. The second-order valence-electron chi connectivity index (χ2n) is 10.7. The van der Waals surface area contributed by atoms with Crippen LogP contribution in [0.5, 0.6) is 0 Å². The zero-order chi connectivity index (χ0) is 31.2. The van der Waals surface area contributed by atoms with Gasteiger partial charge in [-0.05, 0) is 58.1 Å². The average Bonchev–Trinajstić information content (AvgIpc) is 2.88. The van der Waals surface area contributed by atoms with E-state index in [1.807, 2.05) is 13.8 Å². The number of amides is 4. The van der Waals surface area contributed by atoms with Gasteiger partial charge in [0.1, 0.15) is 23.9 Å². The van der Waals surface area contributed by atoms with Crippen LogP contribution in [0, 0.1) is 5.92 Å². The van der Waals surface area contributed by atoms with Crippen LogP contribution < -0.4 is 26.8 Å². The first-order valence-corrected chi connectivity index (χ1v) is 13.9. The van der Waals surface area contributed by atoms with Crippen molar-refractivity contribution in [2.45, 2.75) is 97.9 Å². The van der Waals surface area contributed by atoms with E-state index in [-0.39, 0.29) is 37.4 Å². The van der Waals surface area contributed by atoms with E-state index >= 15 is 0 Å². The molecule has 0 aliphatic rings. The molecular weight excluding hydrogens is 534 g/mol. The summed E-state index contributed by atoms with van der Waals surface area (Å²) in [5.74, 6) is -1.82. The van der Waals surface area contributed by atoms with E-state index in [4.69, 9.17) is 9.47 Å². The molecule has 0 saturated carbocycles. The Morgan fingerprint density at radius 1 is 1.02 bits per heavy atom. The van der Waals surface area contributed by atoms with Gasteiger partial charge in [-0.15, -0.1) is 0 Å². The minimum atomic E-state index is -1.15. The zero-order valence-electron chi connectivity index (χ0n) is 25.1. The fourth-order valence-electron chi connectivity index (χ4n) is 3.85. The van der Waals surface area contributed by atoms with Gasteiger partial charge < -0.3 is 35.3 Å². The van der Waals surface area contributed by atoms with Crippen molar-refractivity contribution in [1.29, 1.82) is 0 Å². The van der Waals surface area contributed by atoms with Crippen molar-refractivity contribution in [2.75, 3.05) is 18.9 Å². The van der Waals surface area contributed by atoms with E-state index < -0.39 is 47.2 Å². The molecule has 0 saturated heterocycles. The molecule has 1 aromatic rings. The van der Waals surface area contributed by atoms with Gasteiger partial charge in [0, 0.05) is 26.7 Å². The Morgan fingerprint density at radius 2 is 1.68 bits per heavy atom. The number of esters is 1. The largest absolute Gasteiger partial charge is 0.452 e. The third-order valence-corrected chi connectivity index (χ3v) is 6.15. The van der Waals surface area contributed by atoms with Crippen molar-refractivity contribution in [3.05, 3.63) is 28.7 Å². The van der Waals surface area contributed by atoms with E-state index in [0.29, 0.717) is 12.5 Å². The first kappa shape index (κ1) is 35.1. The molecule has 4 N–H and O–H groups in total. The molecule has 13 heteroatoms. The monoisotopic (exact) mass is 579 g/mol. The second-order valence-corrected chi connectivity index (χ2v) is 10.7. The first-order valence-electron chi connectivity index (χ1n) is 13.9. The molecule has 0 aliphatic carbocycles. The van der Waals surface area contributed by atoms with Gasteiger partial charge in [0.05, 0.1) is 0 Å². The molecule has 0 fully saturated rings. The minimum absolute atomic E-state index is 0.0410. The number of nitrogens with zero attached hydrogens (tertiary/aromatic N) is 1. The Bertz CT molecular complexity index is 1110. The normalized spacial score (nSPS) is 12.6. The second kappa shape index (κ2) is 17.0. The van der Waals surface area contributed by atoms with Crippen LogP contribution in [0.2, 0.25) is 0 Å². The molecule has 230 valence electrons. The highest BCUT2D eigenvalue weighted by Crippen LogP contribution is 2.12. The van der Waals surface area contributed by atoms with Gasteiger partial charge in [0.25, 0.3) is 11.5 Å². The van der Waals surface area contributed by atoms with Crippen molar-refractivity contribution >= 4 is 35.5 Å². The van der Waals surface area contributed by atoms with E-state index in [1.165, 1.54) is 36.9 Å². The van der Waals surface area contributed by atoms with Crippen LogP contribution in [0.15, 0.2) is 23.1 Å². The molecule has 4 amide bonds. The number of anilines is 1. The van der Waals surface area contributed by atoms with Crippen molar-refractivity contribution < 1.29 is 33.4 Å². The molecule has 13 nitrogen and oxygen atoms in total. The Balaban J connectivity index is 3.02. The summed E-state index contributed by atoms with van der Waals surface area (Å²) < 4.78 is 11.5. The summed E-state index contributed by atoms with van der Waals surface area (Å²) in [5.41, 5.74) is -1.50. The first-order chi connectivity index (χ1) is 19.2. The number of hydrogen-bond donors (Lipinski definition) is 4. The third-order valence-electron chi connectivity index (χ3n) is 6.15. The lowest BCUT2D eigenvalue weighted by molar-refractivity contribution is -0.154. The summed E-state index contributed by atoms with van der Waals surface area (Å²) in [4.78, 5) is 74.5. The predicted molar refractivity (Wildman–Crippen MR) is 153 cm³/mol. The van der Waals surface area contributed by atoms with E-state index in [1.54, 1.807) is 20.8 Å². The van der Waals surface area contributed by atoms with E-state index in [9.17, 15) is 28.8 Å². The number of ether oxygens (including phenoxy) is 2. The van der Waals surface area contributed by atoms with Crippen LogP contribution in [0.4, 0.5) is 10.5 Å². The zero-order valence-corrected chi connectivity index (χ0v) is 25.1. The summed E-state index contributed by atoms with van der Waals surface area (Å²) >= 11 is 0. The van der Waals surface area contributed by atoms with Crippen molar-refractivity contribution in [3.8, 4) is 0 Å². The fourth-order valence-corrected chi connectivity index (χ4v) is 3.85. The molecular formula is C28H45N5O8. The van der Waals surface area contributed by atoms with Crippen LogP contribution in [-0.4, -0.2) is 65.7 Å². The topological polar surface area (TPSA) is 174 Å². The summed E-state index contributed by atoms with van der Waals surface area (Å²) in [5, 5.41) is 10.3. The van der Waals surface area contributed by atoms with Gasteiger partial charge in [-0.25, -0.2) is 4.79 Å². The predicted octanol–water partition coefficient (Wildman–Crippen LogP) is 2.08. The number of rotatable bonds is 15. The van der Waals surface area contributed by atoms with Crippen LogP contribution in [-0.2, 0) is 35.2 Å². The van der Waals surface area contributed by atoms with Gasteiger partial charge in [-0.3, -0.25) is 24.0 Å². The van der Waals surface area contributed by atoms with Gasteiger partial charge in [-0.2, -0.15) is 0 Å². The maximum Gasteiger partial charge on any atom is 0.408 e. The lowest BCUT2D eigenvalue weighted by Crippen LogP contribution is -2.46. The number of alkyl carbamates (subject to hydrolysis) is 1. The molecule has 0 aromatic carbocycles. The Kier molecular flexibility index (Phi) is 14.6. The van der Waals surface area contributed by atoms with Crippen molar-refractivity contribution in [1.82, 2.24) is 20.5 Å². The summed E-state index contributed by atoms with van der Waals surface area (Å²) in [6, 6.07) is 1.77. The average molecular weight is 580 g/mol. The van der Waals surface area contributed by atoms with Gasteiger partial charge >= 0.3 is 12.1 Å². The summed E-state index contributed by atoms with van der Waals surface area (Å²) in [7, 11) is 1.41. The quantitative estimate of drug-likeness (QED) is 0.229. The van der Waals surface area contributed by atoms with Crippen LogP contribution in [0.3, 0.4) is 0 Å². The van der Waals surface area contributed by atoms with Crippen LogP contribution in [0.1, 0.15) is 73.6 Å². The van der Waals surface area contributed by atoms with E-state index in [2.05, 4.69) is 21.3 Å². The number of pyridine rings is 1. The number of carbonyl (C=O) groups excluding carboxylic acids is 5. The molecule has 0 bridgehead atoms. The highest BCUT2D eigenvalue weighted by atomic mass is 16.6. The third kappa shape index (κ3) is 13.3. The Morgan fingerprint density at radius 3 is 2.24 bits per heavy atom. The molecule has 41 heavy (non-hydrogen) atoms. The molecule has 2 atom stereocenters. The Hall–Kier alpha value is -3.90. The smallest absolute Gasteiger partial charge is 0.408 e. The molecule has 0 aliphatic heterocycles. The molecule has 0 spiro atoms. The van der Waals surface area contributed by atoms with Gasteiger partial charge in [-0.1, -0.05) is 26.7 Å². The standard InChI is InChI=1S/C28H45N5O8/c1-8-19(9-2)16-30-23(35)17-33-15-11-13-21(26(33)38)31-24(36)20(32-27(39)41-28(4,5)6)12-10-14-22(25(37)29-7)40-18(3)34/h11,13,15,19-20,22H,8-10,12,14,16-17H2,1-7H3,(H,29,37)(H,30,35)(H,31,36)(H,32,39)/t20-,22?/m0/s1. The maximum absolute atomic E-state index is 13.2. The number of hydrogen-bond acceptors (Lipinski definition) is 8. The van der Waals surface area contributed by atoms with Crippen molar-refractivity contribution in [2.24, 2.45) is 5.92 Å². The Labute approximate surface area is 241 Å². The molecule has 1 aromatic heterocycles. The summed E-state index contributed by atoms with van der Waals surface area (Å²) in [6.07, 6.45) is 1.70. The SMILES string of the molecule is CCC(CC)CNC(=O)Cn1cccc(NC(=O)[C@H](CCCC(OC(C)=O)C(=O)NC)NC(=O)OC(C)(C)C)c1=O. The van der Waals surface area contributed by atoms with Gasteiger partial charge in [0.2, 0.25) is 11.8 Å². The number of likely N-dealkylation sites (N-methyl/N-ethyl adjacent to an activating group) is 1. The molecule has 1 heterocycles. The summed E-state index contributed by atoms with van der Waals surface area (Å²) in [6.45, 7) is 10.6. The number of aromatic nitrogens is 1. The van der Waals surface area contributed by atoms with Crippen LogP contribution in [0.25, 0.3) is 0 Å². The highest BCUT2D eigenvalue weighted by Gasteiger charge is 2.27. The van der Waals surface area contributed by atoms with Crippen molar-refractivity contribution in [3.63, 3.8) is 0 Å². The lowest BCUT2D eigenvalue weighted by Gasteiger charge is -2.24.